The Hall–Kier alpha value is -3.06. The second-order valence-electron chi connectivity index (χ2n) is 7.08. The molecule has 4 rings (SSSR count). The summed E-state index contributed by atoms with van der Waals surface area (Å²) in [6, 6.07) is 13.1. The SMILES string of the molecule is CCc1cc2c(CSc3nnc(-c4ccccc4C)n3CC)cc(=O)oc2cc1O. The quantitative estimate of drug-likeness (QED) is 0.351. The molecular weight excluding hydrogens is 398 g/mol. The van der Waals surface area contributed by atoms with Gasteiger partial charge in [0.25, 0.3) is 0 Å². The van der Waals surface area contributed by atoms with Crippen molar-refractivity contribution >= 4 is 22.7 Å². The first-order chi connectivity index (χ1) is 14.5. The molecule has 0 atom stereocenters. The van der Waals surface area contributed by atoms with E-state index in [4.69, 9.17) is 4.42 Å². The van der Waals surface area contributed by atoms with E-state index in [-0.39, 0.29) is 5.75 Å². The van der Waals surface area contributed by atoms with Crippen molar-refractivity contribution in [1.82, 2.24) is 14.8 Å². The molecule has 1 N–H and O–H groups in total. The van der Waals surface area contributed by atoms with E-state index < -0.39 is 5.63 Å². The standard InChI is InChI=1S/C23H23N3O3S/c1-4-15-10-18-16(11-21(28)29-20(18)12-19(15)27)13-30-23-25-24-22(26(23)5-2)17-9-7-6-8-14(17)3/h6-12,27H,4-5,13H2,1-3H3. The molecule has 2 aromatic carbocycles. The summed E-state index contributed by atoms with van der Waals surface area (Å²) in [5.74, 6) is 1.53. The molecule has 0 bridgehead atoms. The van der Waals surface area contributed by atoms with Crippen molar-refractivity contribution in [3.8, 4) is 17.1 Å². The van der Waals surface area contributed by atoms with Crippen molar-refractivity contribution in [3.63, 3.8) is 0 Å². The van der Waals surface area contributed by atoms with E-state index in [0.717, 1.165) is 45.2 Å². The van der Waals surface area contributed by atoms with Gasteiger partial charge in [-0.3, -0.25) is 0 Å². The highest BCUT2D eigenvalue weighted by Crippen LogP contribution is 2.32. The Morgan fingerprint density at radius 3 is 2.63 bits per heavy atom. The summed E-state index contributed by atoms with van der Waals surface area (Å²) in [6.45, 7) is 6.85. The minimum Gasteiger partial charge on any atom is -0.508 e. The molecule has 0 amide bonds. The zero-order chi connectivity index (χ0) is 21.3. The Kier molecular flexibility index (Phi) is 5.63. The van der Waals surface area contributed by atoms with E-state index in [1.165, 1.54) is 23.9 Å². The number of fused-ring (bicyclic) bond motifs is 1. The van der Waals surface area contributed by atoms with Crippen molar-refractivity contribution in [2.24, 2.45) is 0 Å². The summed E-state index contributed by atoms with van der Waals surface area (Å²) in [5, 5.41) is 20.6. The van der Waals surface area contributed by atoms with E-state index in [9.17, 15) is 9.90 Å². The third kappa shape index (κ3) is 3.73. The van der Waals surface area contributed by atoms with Crippen molar-refractivity contribution < 1.29 is 9.52 Å². The van der Waals surface area contributed by atoms with Crippen LogP contribution in [-0.2, 0) is 18.7 Å². The van der Waals surface area contributed by atoms with Crippen LogP contribution >= 0.6 is 11.8 Å². The number of thioether (sulfide) groups is 1. The third-order valence-electron chi connectivity index (χ3n) is 5.19. The van der Waals surface area contributed by atoms with Crippen LogP contribution in [-0.4, -0.2) is 19.9 Å². The number of hydrogen-bond donors (Lipinski definition) is 1. The Morgan fingerprint density at radius 1 is 1.10 bits per heavy atom. The predicted molar refractivity (Wildman–Crippen MR) is 119 cm³/mol. The normalized spacial score (nSPS) is 11.3. The van der Waals surface area contributed by atoms with Crippen molar-refractivity contribution in [3.05, 3.63) is 69.6 Å². The van der Waals surface area contributed by atoms with E-state index in [0.29, 0.717) is 17.8 Å². The Labute approximate surface area is 178 Å². The molecule has 0 unspecified atom stereocenters. The van der Waals surface area contributed by atoms with Crippen molar-refractivity contribution in [1.29, 1.82) is 0 Å². The second kappa shape index (κ2) is 8.36. The van der Waals surface area contributed by atoms with Crippen LogP contribution in [0.25, 0.3) is 22.4 Å². The molecule has 0 radical (unpaired) electrons. The van der Waals surface area contributed by atoms with E-state index in [1.54, 1.807) is 0 Å². The number of rotatable bonds is 6. The van der Waals surface area contributed by atoms with Gasteiger partial charge in [-0.25, -0.2) is 4.79 Å². The Bertz CT molecular complexity index is 1280. The molecule has 2 heterocycles. The first kappa shape index (κ1) is 20.2. The molecule has 0 fully saturated rings. The molecule has 0 saturated heterocycles. The maximum atomic E-state index is 12.0. The van der Waals surface area contributed by atoms with Crippen LogP contribution in [0.5, 0.6) is 5.75 Å². The fraction of sp³-hybridized carbons (Fsp3) is 0.261. The summed E-state index contributed by atoms with van der Waals surface area (Å²) >= 11 is 1.53. The van der Waals surface area contributed by atoms with Gasteiger partial charge in [0.15, 0.2) is 11.0 Å². The lowest BCUT2D eigenvalue weighted by Crippen LogP contribution is -2.02. The first-order valence-electron chi connectivity index (χ1n) is 9.92. The predicted octanol–water partition coefficient (Wildman–Crippen LogP) is 4.94. The largest absolute Gasteiger partial charge is 0.508 e. The Balaban J connectivity index is 1.70. The van der Waals surface area contributed by atoms with Crippen LogP contribution in [0.3, 0.4) is 0 Å². The monoisotopic (exact) mass is 421 g/mol. The molecule has 0 aliphatic rings. The Morgan fingerprint density at radius 2 is 1.90 bits per heavy atom. The zero-order valence-electron chi connectivity index (χ0n) is 17.2. The molecule has 2 aromatic heterocycles. The number of hydrogen-bond acceptors (Lipinski definition) is 6. The minimum atomic E-state index is -0.431. The van der Waals surface area contributed by atoms with Crippen molar-refractivity contribution in [2.45, 2.75) is 44.6 Å². The van der Waals surface area contributed by atoms with E-state index in [2.05, 4.69) is 40.7 Å². The maximum absolute atomic E-state index is 12.0. The smallest absolute Gasteiger partial charge is 0.336 e. The number of benzene rings is 2. The zero-order valence-corrected chi connectivity index (χ0v) is 18.0. The van der Waals surface area contributed by atoms with Crippen LogP contribution in [0.2, 0.25) is 0 Å². The van der Waals surface area contributed by atoms with Gasteiger partial charge in [-0.2, -0.15) is 0 Å². The number of phenolic OH excluding ortho intramolecular Hbond substituents is 1. The van der Waals surface area contributed by atoms with Crippen LogP contribution in [0.4, 0.5) is 0 Å². The molecule has 0 saturated carbocycles. The first-order valence-corrected chi connectivity index (χ1v) is 10.9. The summed E-state index contributed by atoms with van der Waals surface area (Å²) in [6.07, 6.45) is 0.692. The van der Waals surface area contributed by atoms with Crippen molar-refractivity contribution in [2.75, 3.05) is 0 Å². The molecule has 6 nitrogen and oxygen atoms in total. The molecule has 0 spiro atoms. The second-order valence-corrected chi connectivity index (χ2v) is 8.02. The lowest BCUT2D eigenvalue weighted by atomic mass is 10.1. The molecule has 4 aromatic rings. The molecule has 30 heavy (non-hydrogen) atoms. The van der Waals surface area contributed by atoms with Gasteiger partial charge in [0.2, 0.25) is 0 Å². The number of aromatic hydroxyl groups is 1. The van der Waals surface area contributed by atoms with Crippen LogP contribution < -0.4 is 5.63 Å². The van der Waals surface area contributed by atoms with Gasteiger partial charge in [-0.05, 0) is 43.0 Å². The van der Waals surface area contributed by atoms with Gasteiger partial charge in [-0.15, -0.1) is 10.2 Å². The highest BCUT2D eigenvalue weighted by molar-refractivity contribution is 7.98. The molecule has 0 aliphatic carbocycles. The maximum Gasteiger partial charge on any atom is 0.336 e. The van der Waals surface area contributed by atoms with Crippen LogP contribution in [0.1, 0.15) is 30.5 Å². The lowest BCUT2D eigenvalue weighted by Gasteiger charge is -2.10. The van der Waals surface area contributed by atoms with Crippen LogP contribution in [0.15, 0.2) is 56.8 Å². The number of nitrogens with zero attached hydrogens (tertiary/aromatic N) is 3. The summed E-state index contributed by atoms with van der Waals surface area (Å²) in [7, 11) is 0. The van der Waals surface area contributed by atoms with Gasteiger partial charge < -0.3 is 14.1 Å². The minimum absolute atomic E-state index is 0.145. The number of aryl methyl sites for hydroxylation is 2. The average Bonchev–Trinajstić information content (AvgIpc) is 3.14. The van der Waals surface area contributed by atoms with Crippen LogP contribution in [0, 0.1) is 6.92 Å². The van der Waals surface area contributed by atoms with Gasteiger partial charge in [0.1, 0.15) is 11.3 Å². The highest BCUT2D eigenvalue weighted by Gasteiger charge is 2.16. The third-order valence-corrected chi connectivity index (χ3v) is 6.20. The molecule has 0 aliphatic heterocycles. The van der Waals surface area contributed by atoms with E-state index in [1.807, 2.05) is 25.1 Å². The highest BCUT2D eigenvalue weighted by atomic mass is 32.2. The number of phenols is 1. The molecule has 154 valence electrons. The van der Waals surface area contributed by atoms with Gasteiger partial charge >= 0.3 is 5.63 Å². The van der Waals surface area contributed by atoms with Gasteiger partial charge in [0.05, 0.1) is 0 Å². The average molecular weight is 422 g/mol. The van der Waals surface area contributed by atoms with Gasteiger partial charge in [-0.1, -0.05) is 43.0 Å². The van der Waals surface area contributed by atoms with Gasteiger partial charge in [0, 0.05) is 35.4 Å². The molecule has 7 heteroatoms. The fourth-order valence-corrected chi connectivity index (χ4v) is 4.55. The topological polar surface area (TPSA) is 81.2 Å². The summed E-state index contributed by atoms with van der Waals surface area (Å²) in [5.41, 5.74) is 3.84. The lowest BCUT2D eigenvalue weighted by molar-refractivity contribution is 0.466. The van der Waals surface area contributed by atoms with E-state index >= 15 is 0 Å². The summed E-state index contributed by atoms with van der Waals surface area (Å²) < 4.78 is 7.38. The number of aromatic nitrogens is 3. The summed E-state index contributed by atoms with van der Waals surface area (Å²) in [4.78, 5) is 12.0. The fourth-order valence-electron chi connectivity index (χ4n) is 3.56. The molecular formula is C23H23N3O3S.